The number of rotatable bonds is 6. The molecule has 2 rings (SSSR count). The summed E-state index contributed by atoms with van der Waals surface area (Å²) in [6, 6.07) is 7.51. The van der Waals surface area contributed by atoms with E-state index in [2.05, 4.69) is 21.9 Å². The maximum atomic E-state index is 13.0. The Hall–Kier alpha value is -2.41. The Bertz CT molecular complexity index is 748. The molecule has 0 saturated carbocycles. The van der Waals surface area contributed by atoms with Gasteiger partial charge in [0.05, 0.1) is 11.3 Å². The van der Waals surface area contributed by atoms with Crippen molar-refractivity contribution >= 4 is 18.6 Å². The monoisotopic (exact) mass is 334 g/mol. The van der Waals surface area contributed by atoms with E-state index in [0.717, 1.165) is 11.1 Å². The van der Waals surface area contributed by atoms with Gasteiger partial charge in [0, 0.05) is 18.9 Å². The summed E-state index contributed by atoms with van der Waals surface area (Å²) in [5.74, 6) is -0.0747. The third kappa shape index (κ3) is 3.56. The van der Waals surface area contributed by atoms with Crippen LogP contribution in [0.1, 0.15) is 43.0 Å². The Balaban J connectivity index is 2.43. The number of ether oxygens (including phenoxy) is 1. The zero-order valence-corrected chi connectivity index (χ0v) is 14.1. The van der Waals surface area contributed by atoms with Crippen LogP contribution in [0.4, 0.5) is 8.78 Å². The number of nitrogens with zero attached hydrogens (tertiary/aromatic N) is 4. The number of alkyl halides is 2. The first-order chi connectivity index (χ1) is 11.3. The van der Waals surface area contributed by atoms with Crippen molar-refractivity contribution in [1.29, 1.82) is 0 Å². The lowest BCUT2D eigenvalue weighted by atomic mass is 9.96. The third-order valence-corrected chi connectivity index (χ3v) is 3.90. The van der Waals surface area contributed by atoms with Gasteiger partial charge in [-0.1, -0.05) is 24.3 Å². The highest BCUT2D eigenvalue weighted by molar-refractivity contribution is 5.77. The molecule has 5 nitrogen and oxygen atoms in total. The summed E-state index contributed by atoms with van der Waals surface area (Å²) in [5.41, 5.74) is 1.76. The topological polar surface area (TPSA) is 52.3 Å². The van der Waals surface area contributed by atoms with E-state index >= 15 is 0 Å². The highest BCUT2D eigenvalue weighted by Gasteiger charge is 2.20. The summed E-state index contributed by atoms with van der Waals surface area (Å²) in [6.45, 7) is 9.04. The van der Waals surface area contributed by atoms with Crippen LogP contribution in [0.15, 0.2) is 29.3 Å². The molecule has 0 bridgehead atoms. The molecule has 0 atom stereocenters. The van der Waals surface area contributed by atoms with Gasteiger partial charge in [-0.15, -0.1) is 10.2 Å². The molecule has 1 heterocycles. The van der Waals surface area contributed by atoms with Crippen LogP contribution in [0.2, 0.25) is 0 Å². The predicted molar refractivity (Wildman–Crippen MR) is 89.9 cm³/mol. The average Bonchev–Trinajstić information content (AvgIpc) is 2.93. The summed E-state index contributed by atoms with van der Waals surface area (Å²) in [7, 11) is 1.64. The molecule has 0 saturated heterocycles. The molecule has 128 valence electrons. The van der Waals surface area contributed by atoms with Gasteiger partial charge in [0.15, 0.2) is 0 Å². The fraction of sp³-hybridized carbons (Fsp3) is 0.353. The largest absolute Gasteiger partial charge is 0.374 e. The molecule has 0 aliphatic rings. The number of benzene rings is 1. The minimum Gasteiger partial charge on any atom is -0.374 e. The first-order valence-electron chi connectivity index (χ1n) is 7.34. The second-order valence-electron chi connectivity index (χ2n) is 5.74. The van der Waals surface area contributed by atoms with Crippen LogP contribution in [-0.2, 0) is 10.3 Å². The van der Waals surface area contributed by atoms with Gasteiger partial charge in [-0.3, -0.25) is 9.56 Å². The molecule has 1 aromatic carbocycles. The fourth-order valence-electron chi connectivity index (χ4n) is 2.18. The van der Waals surface area contributed by atoms with E-state index in [1.54, 1.807) is 14.0 Å². The van der Waals surface area contributed by atoms with E-state index < -0.39 is 17.9 Å². The molecule has 7 heteroatoms. The normalized spacial score (nSPS) is 12.7. The fourth-order valence-corrected chi connectivity index (χ4v) is 2.18. The van der Waals surface area contributed by atoms with Gasteiger partial charge < -0.3 is 4.74 Å². The van der Waals surface area contributed by atoms with Gasteiger partial charge in [-0.2, -0.15) is 0 Å². The first-order valence-corrected chi connectivity index (χ1v) is 7.34. The van der Waals surface area contributed by atoms with Crippen molar-refractivity contribution in [3.63, 3.8) is 0 Å². The number of hydrogen-bond acceptors (Lipinski definition) is 4. The molecule has 0 aliphatic heterocycles. The lowest BCUT2D eigenvalue weighted by molar-refractivity contribution is 0.0192. The molecule has 0 spiro atoms. The number of aryl methyl sites for hydroxylation is 1. The van der Waals surface area contributed by atoms with Crippen LogP contribution in [0.3, 0.4) is 0 Å². The molecule has 0 aliphatic carbocycles. The second-order valence-corrected chi connectivity index (χ2v) is 5.74. The van der Waals surface area contributed by atoms with Crippen molar-refractivity contribution in [2.24, 2.45) is 4.99 Å². The van der Waals surface area contributed by atoms with Crippen molar-refractivity contribution in [3.05, 3.63) is 47.0 Å². The number of aromatic nitrogens is 3. The van der Waals surface area contributed by atoms with Crippen LogP contribution < -0.4 is 0 Å². The van der Waals surface area contributed by atoms with E-state index in [-0.39, 0.29) is 0 Å². The van der Waals surface area contributed by atoms with Crippen LogP contribution >= 0.6 is 0 Å². The second kappa shape index (κ2) is 7.00. The molecular weight excluding hydrogens is 314 g/mol. The summed E-state index contributed by atoms with van der Waals surface area (Å²) < 4.78 is 32.7. The van der Waals surface area contributed by atoms with Crippen molar-refractivity contribution in [3.8, 4) is 0 Å². The van der Waals surface area contributed by atoms with Gasteiger partial charge in [0.25, 0.3) is 6.43 Å². The van der Waals surface area contributed by atoms with E-state index in [4.69, 9.17) is 4.74 Å². The smallest absolute Gasteiger partial charge is 0.297 e. The van der Waals surface area contributed by atoms with Gasteiger partial charge in [-0.05, 0) is 33.1 Å². The van der Waals surface area contributed by atoms with Crippen LogP contribution in [0.5, 0.6) is 0 Å². The Morgan fingerprint density at radius 1 is 1.29 bits per heavy atom. The van der Waals surface area contributed by atoms with Gasteiger partial charge in [0.2, 0.25) is 5.82 Å². The molecule has 2 aromatic rings. The zero-order chi connectivity index (χ0) is 17.9. The number of aliphatic imine (C=N–C) groups is 1. The Morgan fingerprint density at radius 2 is 1.92 bits per heavy atom. The maximum Gasteiger partial charge on any atom is 0.297 e. The van der Waals surface area contributed by atoms with Crippen molar-refractivity contribution in [2.45, 2.75) is 32.8 Å². The summed E-state index contributed by atoms with van der Waals surface area (Å²) >= 11 is 0. The molecule has 0 amide bonds. The summed E-state index contributed by atoms with van der Waals surface area (Å²) in [5, 5.41) is 7.18. The zero-order valence-electron chi connectivity index (χ0n) is 14.1. The summed E-state index contributed by atoms with van der Waals surface area (Å²) in [6.07, 6.45) is -1.27. The lowest BCUT2D eigenvalue weighted by Crippen LogP contribution is -2.19. The maximum absolute atomic E-state index is 13.0. The standard InChI is InChI=1S/C17H20F2N4O/c1-11-21-22-16(15(18)19)23(11)10-14(20-4)12-6-8-13(9-7-12)17(2,3)24-5/h6-10,15H,4H2,1-3,5H3/b14-10-. The van der Waals surface area contributed by atoms with E-state index in [9.17, 15) is 8.78 Å². The highest BCUT2D eigenvalue weighted by Crippen LogP contribution is 2.27. The Morgan fingerprint density at radius 3 is 2.42 bits per heavy atom. The Labute approximate surface area is 139 Å². The molecule has 24 heavy (non-hydrogen) atoms. The summed E-state index contributed by atoms with van der Waals surface area (Å²) in [4.78, 5) is 3.95. The molecule has 0 N–H and O–H groups in total. The number of hydrogen-bond donors (Lipinski definition) is 0. The SMILES string of the molecule is C=N/C(=C\n1c(C)nnc1C(F)F)c1ccc(C(C)(C)OC)cc1. The number of halogens is 2. The van der Waals surface area contributed by atoms with Crippen molar-refractivity contribution in [2.75, 3.05) is 7.11 Å². The lowest BCUT2D eigenvalue weighted by Gasteiger charge is -2.23. The van der Waals surface area contributed by atoms with Gasteiger partial charge in [-0.25, -0.2) is 8.78 Å². The van der Waals surface area contributed by atoms with Crippen LogP contribution in [0.25, 0.3) is 11.9 Å². The minimum absolute atomic E-state index is 0.351. The first kappa shape index (κ1) is 17.9. The van der Waals surface area contributed by atoms with E-state index in [1.807, 2.05) is 38.1 Å². The molecule has 1 aromatic heterocycles. The van der Waals surface area contributed by atoms with Crippen LogP contribution in [0, 0.1) is 6.92 Å². The molecular formula is C17H20F2N4O. The van der Waals surface area contributed by atoms with Crippen LogP contribution in [-0.4, -0.2) is 28.6 Å². The average molecular weight is 334 g/mol. The Kier molecular flexibility index (Phi) is 5.23. The highest BCUT2D eigenvalue weighted by atomic mass is 19.3. The quantitative estimate of drug-likeness (QED) is 0.749. The van der Waals surface area contributed by atoms with E-state index in [0.29, 0.717) is 11.5 Å². The molecule has 0 unspecified atom stereocenters. The van der Waals surface area contributed by atoms with Gasteiger partial charge >= 0.3 is 0 Å². The van der Waals surface area contributed by atoms with Gasteiger partial charge in [0.1, 0.15) is 5.82 Å². The third-order valence-electron chi connectivity index (χ3n) is 3.90. The minimum atomic E-state index is -2.72. The molecule has 0 fully saturated rings. The predicted octanol–water partition coefficient (Wildman–Crippen LogP) is 4.06. The van der Waals surface area contributed by atoms with Crippen molar-refractivity contribution < 1.29 is 13.5 Å². The van der Waals surface area contributed by atoms with Crippen molar-refractivity contribution in [1.82, 2.24) is 14.8 Å². The molecule has 0 radical (unpaired) electrons. The number of methoxy groups -OCH3 is 1. The van der Waals surface area contributed by atoms with E-state index in [1.165, 1.54) is 10.8 Å².